The van der Waals surface area contributed by atoms with Gasteiger partial charge in [0.25, 0.3) is 5.88 Å². The molecule has 0 atom stereocenters. The van der Waals surface area contributed by atoms with Crippen LogP contribution in [0.2, 0.25) is 0 Å². The molecule has 118 valence electrons. The first-order valence-corrected chi connectivity index (χ1v) is 7.75. The predicted octanol–water partition coefficient (Wildman–Crippen LogP) is 3.14. The number of hydrogen-bond donors (Lipinski definition) is 1. The average molecular weight is 311 g/mol. The zero-order valence-corrected chi connectivity index (χ0v) is 12.8. The number of nitriles is 1. The van der Waals surface area contributed by atoms with Crippen LogP contribution in [0.5, 0.6) is 5.88 Å². The van der Waals surface area contributed by atoms with E-state index in [1.54, 1.807) is 30.3 Å². The van der Waals surface area contributed by atoms with Crippen LogP contribution in [0.4, 0.5) is 4.39 Å². The summed E-state index contributed by atoms with van der Waals surface area (Å²) >= 11 is 0. The van der Waals surface area contributed by atoms with Gasteiger partial charge in [0, 0.05) is 11.6 Å². The third kappa shape index (κ3) is 3.85. The van der Waals surface area contributed by atoms with Gasteiger partial charge in [0.1, 0.15) is 6.61 Å². The van der Waals surface area contributed by atoms with E-state index in [-0.39, 0.29) is 12.5 Å². The van der Waals surface area contributed by atoms with E-state index in [9.17, 15) is 4.39 Å². The third-order valence-corrected chi connectivity index (χ3v) is 4.05. The minimum absolute atomic E-state index is 0.0467. The summed E-state index contributed by atoms with van der Waals surface area (Å²) in [7, 11) is 0. The van der Waals surface area contributed by atoms with Crippen molar-refractivity contribution in [3.63, 3.8) is 0 Å². The second-order valence-corrected chi connectivity index (χ2v) is 5.64. The maximum Gasteiger partial charge on any atom is 0.250 e. The molecule has 1 saturated heterocycles. The van der Waals surface area contributed by atoms with Crippen molar-refractivity contribution in [3.05, 3.63) is 59.0 Å². The van der Waals surface area contributed by atoms with Gasteiger partial charge >= 0.3 is 0 Å². The van der Waals surface area contributed by atoms with E-state index < -0.39 is 5.82 Å². The van der Waals surface area contributed by atoms with Crippen molar-refractivity contribution >= 4 is 0 Å². The van der Waals surface area contributed by atoms with Crippen molar-refractivity contribution in [2.24, 2.45) is 0 Å². The number of rotatable bonds is 4. The lowest BCUT2D eigenvalue weighted by atomic mass is 9.94. The summed E-state index contributed by atoms with van der Waals surface area (Å²) < 4.78 is 19.5. The number of benzene rings is 1. The summed E-state index contributed by atoms with van der Waals surface area (Å²) in [6.45, 7) is 2.15. The highest BCUT2D eigenvalue weighted by Crippen LogP contribution is 2.26. The van der Waals surface area contributed by atoms with E-state index in [4.69, 9.17) is 10.00 Å². The molecule has 0 bridgehead atoms. The highest BCUT2D eigenvalue weighted by atomic mass is 19.1. The molecule has 0 unspecified atom stereocenters. The fraction of sp³-hybridized carbons (Fsp3) is 0.333. The molecule has 0 amide bonds. The molecule has 1 aliphatic rings. The van der Waals surface area contributed by atoms with Crippen LogP contribution < -0.4 is 10.1 Å². The average Bonchev–Trinajstić information content (AvgIpc) is 2.62. The zero-order valence-electron chi connectivity index (χ0n) is 12.8. The summed E-state index contributed by atoms with van der Waals surface area (Å²) in [5, 5.41) is 12.1. The molecule has 5 heteroatoms. The van der Waals surface area contributed by atoms with Crippen LogP contribution in [0.15, 0.2) is 36.4 Å². The van der Waals surface area contributed by atoms with Gasteiger partial charge in [0.15, 0.2) is 5.82 Å². The van der Waals surface area contributed by atoms with Gasteiger partial charge in [-0.2, -0.15) is 5.26 Å². The maximum absolute atomic E-state index is 13.9. The third-order valence-electron chi connectivity index (χ3n) is 4.05. The Hall–Kier alpha value is -2.45. The fourth-order valence-corrected chi connectivity index (χ4v) is 2.71. The van der Waals surface area contributed by atoms with Gasteiger partial charge in [-0.3, -0.25) is 0 Å². The highest BCUT2D eigenvalue weighted by Gasteiger charge is 2.18. The molecule has 0 spiro atoms. The number of nitrogens with zero attached hydrogens (tertiary/aromatic N) is 2. The van der Waals surface area contributed by atoms with Crippen molar-refractivity contribution < 1.29 is 9.13 Å². The van der Waals surface area contributed by atoms with Crippen LogP contribution >= 0.6 is 0 Å². The van der Waals surface area contributed by atoms with Crippen molar-refractivity contribution in [3.8, 4) is 11.9 Å². The minimum Gasteiger partial charge on any atom is -0.471 e. The molecule has 2 aromatic rings. The highest BCUT2D eigenvalue weighted by molar-refractivity contribution is 5.31. The summed E-state index contributed by atoms with van der Waals surface area (Å²) in [6.07, 6.45) is 2.02. The molecule has 1 N–H and O–H groups in total. The quantitative estimate of drug-likeness (QED) is 0.942. The van der Waals surface area contributed by atoms with Crippen LogP contribution in [-0.4, -0.2) is 18.1 Å². The lowest BCUT2D eigenvalue weighted by Crippen LogP contribution is -2.27. The number of pyridine rings is 1. The van der Waals surface area contributed by atoms with Crippen LogP contribution in [-0.2, 0) is 6.61 Å². The first-order chi connectivity index (χ1) is 11.3. The van der Waals surface area contributed by atoms with Crippen molar-refractivity contribution in [2.75, 3.05) is 13.1 Å². The summed E-state index contributed by atoms with van der Waals surface area (Å²) in [4.78, 5) is 4.37. The van der Waals surface area contributed by atoms with E-state index in [1.165, 1.54) is 6.07 Å². The molecular formula is C18H18FN3O. The van der Waals surface area contributed by atoms with Crippen molar-refractivity contribution in [2.45, 2.75) is 25.4 Å². The maximum atomic E-state index is 13.9. The van der Waals surface area contributed by atoms with Gasteiger partial charge in [0.05, 0.1) is 11.6 Å². The zero-order chi connectivity index (χ0) is 16.1. The SMILES string of the molecule is N#Cc1ccc(COc2nc(C3CCNCC3)ccc2F)cc1. The normalized spacial score (nSPS) is 15.1. The molecule has 0 radical (unpaired) electrons. The Morgan fingerprint density at radius 3 is 2.61 bits per heavy atom. The van der Waals surface area contributed by atoms with Gasteiger partial charge in [-0.25, -0.2) is 9.37 Å². The number of ether oxygens (including phenoxy) is 1. The molecule has 1 fully saturated rings. The number of hydrogen-bond acceptors (Lipinski definition) is 4. The van der Waals surface area contributed by atoms with Gasteiger partial charge in [-0.1, -0.05) is 12.1 Å². The Morgan fingerprint density at radius 2 is 1.91 bits per heavy atom. The molecule has 2 heterocycles. The standard InChI is InChI=1S/C18H18FN3O/c19-16-5-6-17(15-7-9-21-10-8-15)22-18(16)23-12-14-3-1-13(11-20)2-4-14/h1-6,15,21H,7-10,12H2. The Kier molecular flexibility index (Phi) is 4.84. The lowest BCUT2D eigenvalue weighted by Gasteiger charge is -2.22. The molecular weight excluding hydrogens is 293 g/mol. The number of nitrogens with one attached hydrogen (secondary N) is 1. The Balaban J connectivity index is 1.70. The van der Waals surface area contributed by atoms with Gasteiger partial charge in [-0.15, -0.1) is 0 Å². The van der Waals surface area contributed by atoms with Crippen LogP contribution in [0.3, 0.4) is 0 Å². The molecule has 0 saturated carbocycles. The molecule has 1 aromatic carbocycles. The first kappa shape index (κ1) is 15.4. The Labute approximate surface area is 134 Å². The number of piperidine rings is 1. The van der Waals surface area contributed by atoms with E-state index in [2.05, 4.69) is 16.4 Å². The molecule has 23 heavy (non-hydrogen) atoms. The summed E-state index contributed by atoms with van der Waals surface area (Å²) in [6, 6.07) is 12.3. The number of aromatic nitrogens is 1. The van der Waals surface area contributed by atoms with Gasteiger partial charge < -0.3 is 10.1 Å². The van der Waals surface area contributed by atoms with Crippen LogP contribution in [0, 0.1) is 17.1 Å². The largest absolute Gasteiger partial charge is 0.471 e. The lowest BCUT2D eigenvalue weighted by molar-refractivity contribution is 0.275. The second kappa shape index (κ2) is 7.21. The summed E-state index contributed by atoms with van der Waals surface area (Å²) in [5.41, 5.74) is 2.35. The Morgan fingerprint density at radius 1 is 1.17 bits per heavy atom. The monoisotopic (exact) mass is 311 g/mol. The van der Waals surface area contributed by atoms with Crippen LogP contribution in [0.1, 0.15) is 35.6 Å². The van der Waals surface area contributed by atoms with E-state index in [0.717, 1.165) is 37.2 Å². The molecule has 3 rings (SSSR count). The van der Waals surface area contributed by atoms with Crippen LogP contribution in [0.25, 0.3) is 0 Å². The van der Waals surface area contributed by atoms with E-state index in [1.807, 2.05) is 0 Å². The molecule has 0 aliphatic carbocycles. The fourth-order valence-electron chi connectivity index (χ4n) is 2.71. The predicted molar refractivity (Wildman–Crippen MR) is 84.5 cm³/mol. The summed E-state index contributed by atoms with van der Waals surface area (Å²) in [5.74, 6) is -0.0455. The molecule has 4 nitrogen and oxygen atoms in total. The minimum atomic E-state index is -0.448. The number of halogens is 1. The van der Waals surface area contributed by atoms with Crippen molar-refractivity contribution in [1.29, 1.82) is 5.26 Å². The van der Waals surface area contributed by atoms with Gasteiger partial charge in [0.2, 0.25) is 0 Å². The molecule has 1 aromatic heterocycles. The van der Waals surface area contributed by atoms with Gasteiger partial charge in [-0.05, 0) is 55.8 Å². The second-order valence-electron chi connectivity index (χ2n) is 5.64. The first-order valence-electron chi connectivity index (χ1n) is 7.75. The topological polar surface area (TPSA) is 57.9 Å². The van der Waals surface area contributed by atoms with Crippen molar-refractivity contribution in [1.82, 2.24) is 10.3 Å². The Bertz CT molecular complexity index is 703. The van der Waals surface area contributed by atoms with E-state index >= 15 is 0 Å². The molecule has 1 aliphatic heterocycles. The van der Waals surface area contributed by atoms with E-state index in [0.29, 0.717) is 11.5 Å². The smallest absolute Gasteiger partial charge is 0.250 e.